The van der Waals surface area contributed by atoms with E-state index in [2.05, 4.69) is 70.9 Å². The van der Waals surface area contributed by atoms with E-state index < -0.39 is 0 Å². The van der Waals surface area contributed by atoms with E-state index in [9.17, 15) is 0 Å². The summed E-state index contributed by atoms with van der Waals surface area (Å²) in [6.45, 7) is 4.53. The van der Waals surface area contributed by atoms with Gasteiger partial charge in [0.05, 0.1) is 0 Å². The van der Waals surface area contributed by atoms with Crippen LogP contribution in [0.3, 0.4) is 0 Å². The fraction of sp³-hybridized carbons (Fsp3) is 0.368. The molecule has 0 saturated carbocycles. The monoisotopic (exact) mass is 280 g/mol. The molecule has 3 rings (SSSR count). The first-order chi connectivity index (χ1) is 10.4. The number of hydrogen-bond acceptors (Lipinski definition) is 2. The van der Waals surface area contributed by atoms with Crippen LogP contribution in [0.2, 0.25) is 0 Å². The van der Waals surface area contributed by atoms with E-state index in [0.717, 1.165) is 39.0 Å². The molecule has 1 saturated heterocycles. The maximum Gasteiger partial charge on any atom is 0.0261 e. The SMILES string of the molecule is c1ccc(CCN2CCNC[C@@H]2Cc2ccccc2)cc1. The molecule has 110 valence electrons. The van der Waals surface area contributed by atoms with Crippen LogP contribution in [0.15, 0.2) is 60.7 Å². The van der Waals surface area contributed by atoms with Crippen LogP contribution in [-0.2, 0) is 12.8 Å². The van der Waals surface area contributed by atoms with Crippen molar-refractivity contribution in [2.45, 2.75) is 18.9 Å². The van der Waals surface area contributed by atoms with Crippen LogP contribution in [0.25, 0.3) is 0 Å². The molecule has 2 nitrogen and oxygen atoms in total. The highest BCUT2D eigenvalue weighted by molar-refractivity contribution is 5.17. The van der Waals surface area contributed by atoms with Gasteiger partial charge in [0.1, 0.15) is 0 Å². The van der Waals surface area contributed by atoms with Gasteiger partial charge in [-0.25, -0.2) is 0 Å². The molecule has 21 heavy (non-hydrogen) atoms. The molecule has 1 aliphatic rings. The van der Waals surface area contributed by atoms with Crippen molar-refractivity contribution < 1.29 is 0 Å². The highest BCUT2D eigenvalue weighted by Gasteiger charge is 2.21. The van der Waals surface area contributed by atoms with Crippen LogP contribution in [-0.4, -0.2) is 37.1 Å². The number of nitrogens with zero attached hydrogens (tertiary/aromatic N) is 1. The van der Waals surface area contributed by atoms with Crippen LogP contribution >= 0.6 is 0 Å². The van der Waals surface area contributed by atoms with Crippen LogP contribution in [0, 0.1) is 0 Å². The molecule has 2 aromatic carbocycles. The average Bonchev–Trinajstić information content (AvgIpc) is 2.56. The van der Waals surface area contributed by atoms with Gasteiger partial charge in [0.15, 0.2) is 0 Å². The van der Waals surface area contributed by atoms with E-state index in [4.69, 9.17) is 0 Å². The van der Waals surface area contributed by atoms with Gasteiger partial charge < -0.3 is 5.32 Å². The lowest BCUT2D eigenvalue weighted by Crippen LogP contribution is -2.52. The van der Waals surface area contributed by atoms with Crippen LogP contribution in [0.1, 0.15) is 11.1 Å². The van der Waals surface area contributed by atoms with Crippen molar-refractivity contribution >= 4 is 0 Å². The summed E-state index contributed by atoms with van der Waals surface area (Å²) in [5.74, 6) is 0. The van der Waals surface area contributed by atoms with Gasteiger partial charge in [-0.1, -0.05) is 60.7 Å². The van der Waals surface area contributed by atoms with Gasteiger partial charge in [0.2, 0.25) is 0 Å². The summed E-state index contributed by atoms with van der Waals surface area (Å²) >= 11 is 0. The van der Waals surface area contributed by atoms with Crippen LogP contribution < -0.4 is 5.32 Å². The smallest absolute Gasteiger partial charge is 0.0261 e. The van der Waals surface area contributed by atoms with E-state index in [0.29, 0.717) is 6.04 Å². The van der Waals surface area contributed by atoms with E-state index in [1.807, 2.05) is 0 Å². The van der Waals surface area contributed by atoms with Crippen LogP contribution in [0.5, 0.6) is 0 Å². The molecular weight excluding hydrogens is 256 g/mol. The first-order valence-electron chi connectivity index (χ1n) is 7.94. The second kappa shape index (κ2) is 7.39. The molecule has 0 spiro atoms. The van der Waals surface area contributed by atoms with E-state index in [1.54, 1.807) is 0 Å². The van der Waals surface area contributed by atoms with Crippen molar-refractivity contribution in [3.05, 3.63) is 71.8 Å². The number of nitrogens with one attached hydrogen (secondary N) is 1. The Morgan fingerprint density at radius 1 is 0.905 bits per heavy atom. The summed E-state index contributed by atoms with van der Waals surface area (Å²) in [6, 6.07) is 22.3. The fourth-order valence-electron chi connectivity index (χ4n) is 3.10. The maximum absolute atomic E-state index is 3.54. The van der Waals surface area contributed by atoms with E-state index in [1.165, 1.54) is 11.1 Å². The molecular formula is C19H24N2. The third kappa shape index (κ3) is 4.16. The topological polar surface area (TPSA) is 15.3 Å². The average molecular weight is 280 g/mol. The summed E-state index contributed by atoms with van der Waals surface area (Å²) in [5, 5.41) is 3.54. The predicted octanol–water partition coefficient (Wildman–Crippen LogP) is 2.75. The highest BCUT2D eigenvalue weighted by atomic mass is 15.2. The van der Waals surface area contributed by atoms with Crippen molar-refractivity contribution in [3.8, 4) is 0 Å². The number of hydrogen-bond donors (Lipinski definition) is 1. The zero-order valence-electron chi connectivity index (χ0n) is 12.5. The summed E-state index contributed by atoms with van der Waals surface area (Å²) in [4.78, 5) is 2.65. The van der Waals surface area contributed by atoms with Gasteiger partial charge in [0, 0.05) is 32.2 Å². The Labute approximate surface area is 127 Å². The minimum absolute atomic E-state index is 0.616. The molecule has 0 amide bonds. The first-order valence-corrected chi connectivity index (χ1v) is 7.94. The second-order valence-electron chi connectivity index (χ2n) is 5.82. The Kier molecular flexibility index (Phi) is 5.03. The summed E-state index contributed by atoms with van der Waals surface area (Å²) in [5.41, 5.74) is 2.88. The lowest BCUT2D eigenvalue weighted by Gasteiger charge is -2.36. The molecule has 1 atom stereocenters. The zero-order chi connectivity index (χ0) is 14.3. The summed E-state index contributed by atoms with van der Waals surface area (Å²) in [6.07, 6.45) is 2.29. The highest BCUT2D eigenvalue weighted by Crippen LogP contribution is 2.12. The fourth-order valence-corrected chi connectivity index (χ4v) is 3.10. The molecule has 1 aliphatic heterocycles. The third-order valence-corrected chi connectivity index (χ3v) is 4.32. The van der Waals surface area contributed by atoms with Crippen molar-refractivity contribution in [1.29, 1.82) is 0 Å². The lowest BCUT2D eigenvalue weighted by molar-refractivity contribution is 0.162. The largest absolute Gasteiger partial charge is 0.314 e. The number of rotatable bonds is 5. The van der Waals surface area contributed by atoms with Crippen molar-refractivity contribution in [3.63, 3.8) is 0 Å². The Morgan fingerprint density at radius 3 is 2.29 bits per heavy atom. The van der Waals surface area contributed by atoms with Crippen LogP contribution in [0.4, 0.5) is 0 Å². The third-order valence-electron chi connectivity index (χ3n) is 4.32. The molecule has 1 fully saturated rings. The molecule has 0 aliphatic carbocycles. The van der Waals surface area contributed by atoms with Gasteiger partial charge in [-0.05, 0) is 24.0 Å². The standard InChI is InChI=1S/C19H24N2/c1-3-7-17(8-4-1)11-13-21-14-12-20-16-19(21)15-18-9-5-2-6-10-18/h1-10,19-20H,11-16H2/t19-/m0/s1. The molecule has 2 aromatic rings. The Balaban J connectivity index is 1.59. The summed E-state index contributed by atoms with van der Waals surface area (Å²) < 4.78 is 0. The second-order valence-corrected chi connectivity index (χ2v) is 5.82. The van der Waals surface area contributed by atoms with Gasteiger partial charge in [-0.2, -0.15) is 0 Å². The number of piperazine rings is 1. The zero-order valence-corrected chi connectivity index (χ0v) is 12.5. The molecule has 1 N–H and O–H groups in total. The van der Waals surface area contributed by atoms with Gasteiger partial charge in [-0.3, -0.25) is 4.90 Å². The lowest BCUT2D eigenvalue weighted by atomic mass is 10.0. The first kappa shape index (κ1) is 14.3. The Morgan fingerprint density at radius 2 is 1.57 bits per heavy atom. The number of benzene rings is 2. The van der Waals surface area contributed by atoms with Crippen molar-refractivity contribution in [2.24, 2.45) is 0 Å². The minimum Gasteiger partial charge on any atom is -0.314 e. The summed E-state index contributed by atoms with van der Waals surface area (Å²) in [7, 11) is 0. The van der Waals surface area contributed by atoms with Gasteiger partial charge >= 0.3 is 0 Å². The molecule has 2 heteroatoms. The molecule has 1 heterocycles. The van der Waals surface area contributed by atoms with Crippen molar-refractivity contribution in [2.75, 3.05) is 26.2 Å². The quantitative estimate of drug-likeness (QED) is 0.906. The predicted molar refractivity (Wildman–Crippen MR) is 88.5 cm³/mol. The Bertz CT molecular complexity index is 524. The minimum atomic E-state index is 0.616. The molecule has 0 radical (unpaired) electrons. The van der Waals surface area contributed by atoms with E-state index >= 15 is 0 Å². The van der Waals surface area contributed by atoms with E-state index in [-0.39, 0.29) is 0 Å². The Hall–Kier alpha value is -1.64. The normalized spacial score (nSPS) is 19.5. The molecule has 0 bridgehead atoms. The molecule has 0 aromatic heterocycles. The maximum atomic E-state index is 3.54. The van der Waals surface area contributed by atoms with Gasteiger partial charge in [0.25, 0.3) is 0 Å². The molecule has 0 unspecified atom stereocenters. The van der Waals surface area contributed by atoms with Gasteiger partial charge in [-0.15, -0.1) is 0 Å². The van der Waals surface area contributed by atoms with Crippen molar-refractivity contribution in [1.82, 2.24) is 10.2 Å².